The van der Waals surface area contributed by atoms with Crippen LogP contribution in [0.25, 0.3) is 0 Å². The van der Waals surface area contributed by atoms with Crippen LogP contribution in [0.15, 0.2) is 0 Å². The molecular formula is C17H26N2O2. The Morgan fingerprint density at radius 2 is 1.67 bits per heavy atom. The minimum absolute atomic E-state index is 0.157. The lowest BCUT2D eigenvalue weighted by atomic mass is 9.92. The zero-order valence-corrected chi connectivity index (χ0v) is 12.8. The van der Waals surface area contributed by atoms with E-state index < -0.39 is 5.92 Å². The van der Waals surface area contributed by atoms with E-state index in [4.69, 9.17) is 5.26 Å². The molecule has 1 N–H and O–H groups in total. The van der Waals surface area contributed by atoms with Crippen molar-refractivity contribution in [3.8, 4) is 6.07 Å². The smallest absolute Gasteiger partial charge is 0.245 e. The Balaban J connectivity index is 1.78. The average molecular weight is 290 g/mol. The summed E-state index contributed by atoms with van der Waals surface area (Å²) in [7, 11) is 0. The summed E-state index contributed by atoms with van der Waals surface area (Å²) in [6.45, 7) is 0. The summed E-state index contributed by atoms with van der Waals surface area (Å²) >= 11 is 0. The molecular weight excluding hydrogens is 264 g/mol. The molecule has 0 heterocycles. The maximum absolute atomic E-state index is 12.1. The second kappa shape index (κ2) is 8.17. The summed E-state index contributed by atoms with van der Waals surface area (Å²) in [5.41, 5.74) is 0. The first kappa shape index (κ1) is 16.0. The Kier molecular flexibility index (Phi) is 6.22. The fourth-order valence-corrected chi connectivity index (χ4v) is 3.60. The first-order valence-electron chi connectivity index (χ1n) is 8.43. The van der Waals surface area contributed by atoms with Crippen LogP contribution in [0.1, 0.15) is 70.6 Å². The van der Waals surface area contributed by atoms with Crippen LogP contribution in [0.3, 0.4) is 0 Å². The number of carbonyl (C=O) groups is 2. The molecule has 0 aromatic carbocycles. The predicted octanol–water partition coefficient (Wildman–Crippen LogP) is 3.11. The maximum Gasteiger partial charge on any atom is 0.245 e. The molecule has 0 aromatic heterocycles. The summed E-state index contributed by atoms with van der Waals surface area (Å²) < 4.78 is 0. The highest BCUT2D eigenvalue weighted by atomic mass is 16.2. The topological polar surface area (TPSA) is 70.0 Å². The SMILES string of the molecule is N#CC(C(=O)CCC1CCCC1)C(=O)NC1CCCCC1. The van der Waals surface area contributed by atoms with Gasteiger partial charge in [-0.05, 0) is 25.2 Å². The molecule has 1 unspecified atom stereocenters. The Hall–Kier alpha value is -1.37. The Bertz CT molecular complexity index is 402. The third-order valence-corrected chi connectivity index (χ3v) is 4.94. The summed E-state index contributed by atoms with van der Waals surface area (Å²) in [4.78, 5) is 24.3. The lowest BCUT2D eigenvalue weighted by Crippen LogP contribution is -2.42. The van der Waals surface area contributed by atoms with E-state index >= 15 is 0 Å². The van der Waals surface area contributed by atoms with Crippen LogP contribution in [-0.2, 0) is 9.59 Å². The van der Waals surface area contributed by atoms with E-state index in [0.717, 1.165) is 32.1 Å². The third-order valence-electron chi connectivity index (χ3n) is 4.94. The van der Waals surface area contributed by atoms with Crippen LogP contribution in [0.4, 0.5) is 0 Å². The van der Waals surface area contributed by atoms with Gasteiger partial charge in [0.2, 0.25) is 5.91 Å². The first-order valence-corrected chi connectivity index (χ1v) is 8.43. The molecule has 2 rings (SSSR count). The number of hydrogen-bond acceptors (Lipinski definition) is 3. The van der Waals surface area contributed by atoms with Crippen LogP contribution in [0.5, 0.6) is 0 Å². The molecule has 2 aliphatic rings. The Labute approximate surface area is 127 Å². The van der Waals surface area contributed by atoms with Gasteiger partial charge in [-0.3, -0.25) is 9.59 Å². The third kappa shape index (κ3) is 4.84. The van der Waals surface area contributed by atoms with Crippen molar-refractivity contribution in [3.05, 3.63) is 0 Å². The van der Waals surface area contributed by atoms with Gasteiger partial charge in [-0.1, -0.05) is 44.9 Å². The van der Waals surface area contributed by atoms with E-state index in [9.17, 15) is 9.59 Å². The van der Waals surface area contributed by atoms with Gasteiger partial charge in [0.05, 0.1) is 6.07 Å². The standard InChI is InChI=1S/C17H26N2O2/c18-12-15(16(20)11-10-13-6-4-5-7-13)17(21)19-14-8-2-1-3-9-14/h13-15H,1-11H2,(H,19,21). The van der Waals surface area contributed by atoms with Gasteiger partial charge in [-0.25, -0.2) is 0 Å². The fourth-order valence-electron chi connectivity index (χ4n) is 3.60. The first-order chi connectivity index (χ1) is 10.2. The number of carbonyl (C=O) groups excluding carboxylic acids is 2. The van der Waals surface area contributed by atoms with Gasteiger partial charge in [0.25, 0.3) is 0 Å². The predicted molar refractivity (Wildman–Crippen MR) is 80.3 cm³/mol. The number of nitrogens with one attached hydrogen (secondary N) is 1. The van der Waals surface area contributed by atoms with Crippen molar-refractivity contribution in [1.82, 2.24) is 5.32 Å². The van der Waals surface area contributed by atoms with Crippen LogP contribution in [0.2, 0.25) is 0 Å². The van der Waals surface area contributed by atoms with Crippen molar-refractivity contribution in [2.75, 3.05) is 0 Å². The molecule has 116 valence electrons. The molecule has 1 atom stereocenters. The summed E-state index contributed by atoms with van der Waals surface area (Å²) in [6, 6.07) is 2.06. The van der Waals surface area contributed by atoms with Gasteiger partial charge < -0.3 is 5.32 Å². The van der Waals surface area contributed by atoms with Crippen LogP contribution >= 0.6 is 0 Å². The minimum Gasteiger partial charge on any atom is -0.352 e. The Morgan fingerprint density at radius 3 is 2.29 bits per heavy atom. The molecule has 1 amide bonds. The van der Waals surface area contributed by atoms with Crippen LogP contribution < -0.4 is 5.32 Å². The number of ketones is 1. The molecule has 21 heavy (non-hydrogen) atoms. The highest BCUT2D eigenvalue weighted by molar-refractivity contribution is 6.04. The van der Waals surface area contributed by atoms with Crippen molar-refractivity contribution in [2.24, 2.45) is 11.8 Å². The van der Waals surface area contributed by atoms with Crippen LogP contribution in [0, 0.1) is 23.2 Å². The van der Waals surface area contributed by atoms with E-state index in [1.165, 1.54) is 32.1 Å². The number of hydrogen-bond donors (Lipinski definition) is 1. The number of nitrogens with zero attached hydrogens (tertiary/aromatic N) is 1. The molecule has 0 bridgehead atoms. The molecule has 0 spiro atoms. The number of Topliss-reactive ketones (excluding diaryl/α,β-unsaturated/α-hetero) is 1. The van der Waals surface area contributed by atoms with Crippen molar-refractivity contribution < 1.29 is 9.59 Å². The quantitative estimate of drug-likeness (QED) is 0.764. The number of nitriles is 1. The largest absolute Gasteiger partial charge is 0.352 e. The average Bonchev–Trinajstić information content (AvgIpc) is 3.00. The lowest BCUT2D eigenvalue weighted by Gasteiger charge is -2.23. The van der Waals surface area contributed by atoms with Gasteiger partial charge in [0.1, 0.15) is 0 Å². The van der Waals surface area contributed by atoms with Gasteiger partial charge in [-0.15, -0.1) is 0 Å². The summed E-state index contributed by atoms with van der Waals surface area (Å²) in [5.74, 6) is -1.05. The monoisotopic (exact) mass is 290 g/mol. The summed E-state index contributed by atoms with van der Waals surface area (Å²) in [6.07, 6.45) is 11.5. The molecule has 0 aromatic rings. The van der Waals surface area contributed by atoms with E-state index in [1.807, 2.05) is 6.07 Å². The van der Waals surface area contributed by atoms with E-state index in [-0.39, 0.29) is 17.7 Å². The normalized spacial score (nSPS) is 21.7. The lowest BCUT2D eigenvalue weighted by molar-refractivity contribution is -0.132. The highest BCUT2D eigenvalue weighted by Crippen LogP contribution is 2.29. The van der Waals surface area contributed by atoms with Gasteiger partial charge in [-0.2, -0.15) is 5.26 Å². The van der Waals surface area contributed by atoms with Crippen molar-refractivity contribution in [1.29, 1.82) is 5.26 Å². The molecule has 4 heteroatoms. The minimum atomic E-state index is -1.10. The zero-order valence-electron chi connectivity index (χ0n) is 12.8. The molecule has 0 saturated heterocycles. The molecule has 2 fully saturated rings. The fraction of sp³-hybridized carbons (Fsp3) is 0.824. The second-order valence-electron chi connectivity index (χ2n) is 6.56. The molecule has 0 radical (unpaired) electrons. The second-order valence-corrected chi connectivity index (χ2v) is 6.56. The van der Waals surface area contributed by atoms with Crippen molar-refractivity contribution in [3.63, 3.8) is 0 Å². The highest BCUT2D eigenvalue weighted by Gasteiger charge is 2.29. The van der Waals surface area contributed by atoms with Gasteiger partial charge in [0, 0.05) is 12.5 Å². The van der Waals surface area contributed by atoms with Gasteiger partial charge in [0.15, 0.2) is 11.7 Å². The summed E-state index contributed by atoms with van der Waals surface area (Å²) in [5, 5.41) is 12.1. The van der Waals surface area contributed by atoms with Crippen molar-refractivity contribution >= 4 is 11.7 Å². The van der Waals surface area contributed by atoms with Gasteiger partial charge >= 0.3 is 0 Å². The Morgan fingerprint density at radius 1 is 1.05 bits per heavy atom. The van der Waals surface area contributed by atoms with Crippen molar-refractivity contribution in [2.45, 2.75) is 76.7 Å². The van der Waals surface area contributed by atoms with E-state index in [2.05, 4.69) is 5.32 Å². The number of rotatable bonds is 6. The maximum atomic E-state index is 12.1. The zero-order chi connectivity index (χ0) is 15.1. The van der Waals surface area contributed by atoms with E-state index in [1.54, 1.807) is 0 Å². The van der Waals surface area contributed by atoms with E-state index in [0.29, 0.717) is 12.3 Å². The molecule has 2 saturated carbocycles. The molecule has 2 aliphatic carbocycles. The van der Waals surface area contributed by atoms with Crippen LogP contribution in [-0.4, -0.2) is 17.7 Å². The number of amides is 1. The molecule has 0 aliphatic heterocycles. The molecule has 4 nitrogen and oxygen atoms in total.